The molecule has 5 aromatic rings. The number of aromatic carboxylic acids is 1. The Bertz CT molecular complexity index is 1550. The van der Waals surface area contributed by atoms with Gasteiger partial charge >= 0.3 is 12.1 Å². The minimum absolute atomic E-state index is 0.196. The van der Waals surface area contributed by atoms with Crippen LogP contribution in [0.5, 0.6) is 0 Å². The van der Waals surface area contributed by atoms with Gasteiger partial charge in [-0.05, 0) is 57.2 Å². The Labute approximate surface area is 185 Å². The Hall–Kier alpha value is -3.72. The van der Waals surface area contributed by atoms with Gasteiger partial charge in [-0.25, -0.2) is 19.0 Å². The van der Waals surface area contributed by atoms with E-state index in [2.05, 4.69) is 4.98 Å². The molecule has 3 aromatic heterocycles. The molecule has 0 saturated carbocycles. The predicted molar refractivity (Wildman–Crippen MR) is 120 cm³/mol. The van der Waals surface area contributed by atoms with Crippen LogP contribution >= 0.6 is 11.3 Å². The van der Waals surface area contributed by atoms with Crippen LogP contribution in [0.2, 0.25) is 0 Å². The first-order chi connectivity index (χ1) is 15.1. The molecule has 9 heteroatoms. The van der Waals surface area contributed by atoms with Crippen molar-refractivity contribution in [2.24, 2.45) is 0 Å². The molecule has 0 aliphatic rings. The third-order valence-corrected chi connectivity index (χ3v) is 6.00. The van der Waals surface area contributed by atoms with Gasteiger partial charge < -0.3 is 9.84 Å². The zero-order valence-electron chi connectivity index (χ0n) is 17.4. The number of carboxylic acid groups (broad SMARTS) is 1. The van der Waals surface area contributed by atoms with Crippen molar-refractivity contribution in [3.8, 4) is 11.3 Å². The molecule has 0 aliphatic heterocycles. The van der Waals surface area contributed by atoms with Gasteiger partial charge in [-0.15, -0.1) is 0 Å². The molecule has 0 aliphatic carbocycles. The smallest absolute Gasteiger partial charge is 0.418 e. The third-order valence-electron chi connectivity index (χ3n) is 4.99. The molecule has 3 heterocycles. The summed E-state index contributed by atoms with van der Waals surface area (Å²) in [5.41, 5.74) is 1.51. The molecule has 0 amide bonds. The van der Waals surface area contributed by atoms with E-state index in [0.717, 1.165) is 10.2 Å². The summed E-state index contributed by atoms with van der Waals surface area (Å²) < 4.78 is 24.3. The minimum Gasteiger partial charge on any atom is -0.478 e. The Morgan fingerprint density at radius 2 is 1.91 bits per heavy atom. The summed E-state index contributed by atoms with van der Waals surface area (Å²) in [5, 5.41) is 9.77. The lowest BCUT2D eigenvalue weighted by molar-refractivity contribution is 0.0543. The second-order valence-corrected chi connectivity index (χ2v) is 9.43. The number of imidazole rings is 1. The fourth-order valence-corrected chi connectivity index (χ4v) is 4.63. The van der Waals surface area contributed by atoms with Crippen LogP contribution in [0.1, 0.15) is 31.1 Å². The van der Waals surface area contributed by atoms with Gasteiger partial charge in [0.05, 0.1) is 27.0 Å². The van der Waals surface area contributed by atoms with Crippen molar-refractivity contribution >= 4 is 49.5 Å². The van der Waals surface area contributed by atoms with Crippen LogP contribution in [0.15, 0.2) is 48.8 Å². The van der Waals surface area contributed by atoms with Crippen molar-refractivity contribution in [2.75, 3.05) is 0 Å². The average Bonchev–Trinajstić information content (AvgIpc) is 3.37. The SMILES string of the molecule is CC(C)(C)OC(=O)n1ccc2cc(F)c(-c3cn4c(n3)sc3cc(C(=O)O)ccc34)cc21. The minimum atomic E-state index is -0.998. The number of carbonyl (C=O) groups is 2. The van der Waals surface area contributed by atoms with Crippen molar-refractivity contribution in [1.82, 2.24) is 14.0 Å². The Morgan fingerprint density at radius 3 is 2.62 bits per heavy atom. The van der Waals surface area contributed by atoms with E-state index in [1.54, 1.807) is 61.8 Å². The van der Waals surface area contributed by atoms with Gasteiger partial charge in [0.15, 0.2) is 4.96 Å². The van der Waals surface area contributed by atoms with Gasteiger partial charge in [0.25, 0.3) is 0 Å². The fraction of sp³-hybridized carbons (Fsp3) is 0.174. The van der Waals surface area contributed by atoms with Gasteiger partial charge in [-0.3, -0.25) is 8.97 Å². The van der Waals surface area contributed by atoms with Crippen molar-refractivity contribution in [3.63, 3.8) is 0 Å². The zero-order chi connectivity index (χ0) is 22.8. The molecule has 0 bridgehead atoms. The first-order valence-electron chi connectivity index (χ1n) is 9.80. The van der Waals surface area contributed by atoms with Gasteiger partial charge in [0, 0.05) is 23.3 Å². The number of hydrogen-bond donors (Lipinski definition) is 1. The van der Waals surface area contributed by atoms with E-state index in [4.69, 9.17) is 4.74 Å². The zero-order valence-corrected chi connectivity index (χ0v) is 18.2. The molecule has 32 heavy (non-hydrogen) atoms. The topological polar surface area (TPSA) is 85.8 Å². The normalized spacial score (nSPS) is 12.1. The summed E-state index contributed by atoms with van der Waals surface area (Å²) in [5.74, 6) is -1.45. The van der Waals surface area contributed by atoms with E-state index in [-0.39, 0.29) is 11.1 Å². The number of benzene rings is 2. The van der Waals surface area contributed by atoms with Gasteiger partial charge in [0.2, 0.25) is 0 Å². The average molecular weight is 451 g/mol. The molecule has 162 valence electrons. The lowest BCUT2D eigenvalue weighted by atomic mass is 10.1. The number of fused-ring (bicyclic) bond motifs is 4. The molecule has 0 fully saturated rings. The first kappa shape index (κ1) is 20.2. The molecular formula is C23H18FN3O4S. The van der Waals surface area contributed by atoms with Crippen LogP contribution in [0, 0.1) is 5.82 Å². The van der Waals surface area contributed by atoms with Crippen LogP contribution in [-0.4, -0.2) is 36.7 Å². The van der Waals surface area contributed by atoms with E-state index >= 15 is 0 Å². The van der Waals surface area contributed by atoms with E-state index in [1.165, 1.54) is 28.0 Å². The first-order valence-corrected chi connectivity index (χ1v) is 10.6. The molecule has 1 N–H and O–H groups in total. The quantitative estimate of drug-likeness (QED) is 0.367. The lowest BCUT2D eigenvalue weighted by Gasteiger charge is -2.19. The molecule has 0 unspecified atom stereocenters. The van der Waals surface area contributed by atoms with Crippen molar-refractivity contribution in [1.29, 1.82) is 0 Å². The highest BCUT2D eigenvalue weighted by molar-refractivity contribution is 7.23. The summed E-state index contributed by atoms with van der Waals surface area (Å²) in [6.45, 7) is 5.34. The molecule has 5 rings (SSSR count). The molecule has 0 atom stereocenters. The Morgan fingerprint density at radius 1 is 1.12 bits per heavy atom. The lowest BCUT2D eigenvalue weighted by Crippen LogP contribution is -2.26. The second-order valence-electron chi connectivity index (χ2n) is 8.43. The van der Waals surface area contributed by atoms with Crippen LogP contribution in [0.4, 0.5) is 9.18 Å². The highest BCUT2D eigenvalue weighted by atomic mass is 32.1. The number of rotatable bonds is 2. The number of nitrogens with zero attached hydrogens (tertiary/aromatic N) is 3. The summed E-state index contributed by atoms with van der Waals surface area (Å²) in [4.78, 5) is 29.0. The van der Waals surface area contributed by atoms with Gasteiger partial charge in [0.1, 0.15) is 11.4 Å². The molecular weight excluding hydrogens is 433 g/mol. The van der Waals surface area contributed by atoms with Crippen LogP contribution in [0.25, 0.3) is 37.3 Å². The number of aromatic nitrogens is 3. The fourth-order valence-electron chi connectivity index (χ4n) is 3.58. The number of ether oxygens (including phenoxy) is 1. The molecule has 0 radical (unpaired) electrons. The van der Waals surface area contributed by atoms with Gasteiger partial charge in [-0.2, -0.15) is 0 Å². The second kappa shape index (κ2) is 6.89. The van der Waals surface area contributed by atoms with E-state index in [9.17, 15) is 19.1 Å². The summed E-state index contributed by atoms with van der Waals surface area (Å²) in [6.07, 6.45) is 2.72. The van der Waals surface area contributed by atoms with Crippen molar-refractivity contribution in [2.45, 2.75) is 26.4 Å². The van der Waals surface area contributed by atoms with E-state index < -0.39 is 23.5 Å². The van der Waals surface area contributed by atoms with Gasteiger partial charge in [-0.1, -0.05) is 11.3 Å². The predicted octanol–water partition coefficient (Wildman–Crippen LogP) is 5.79. The Kier molecular flexibility index (Phi) is 4.35. The van der Waals surface area contributed by atoms with Crippen LogP contribution in [-0.2, 0) is 4.74 Å². The van der Waals surface area contributed by atoms with Crippen molar-refractivity contribution < 1.29 is 23.8 Å². The summed E-state index contributed by atoms with van der Waals surface area (Å²) in [6, 6.07) is 9.45. The number of carboxylic acids is 1. The molecule has 0 spiro atoms. The maximum absolute atomic E-state index is 14.9. The summed E-state index contributed by atoms with van der Waals surface area (Å²) >= 11 is 1.32. The largest absolute Gasteiger partial charge is 0.478 e. The highest BCUT2D eigenvalue weighted by Gasteiger charge is 2.21. The third kappa shape index (κ3) is 3.31. The van der Waals surface area contributed by atoms with E-state index in [0.29, 0.717) is 21.6 Å². The maximum Gasteiger partial charge on any atom is 0.418 e. The monoisotopic (exact) mass is 451 g/mol. The molecule has 0 saturated heterocycles. The number of carbonyl (C=O) groups excluding carboxylic acids is 1. The molecule has 2 aromatic carbocycles. The molecule has 7 nitrogen and oxygen atoms in total. The maximum atomic E-state index is 14.9. The summed E-state index contributed by atoms with van der Waals surface area (Å²) in [7, 11) is 0. The number of hydrogen-bond acceptors (Lipinski definition) is 5. The van der Waals surface area contributed by atoms with E-state index in [1.807, 2.05) is 0 Å². The number of halogens is 1. The standard InChI is InChI=1S/C23H18FN3O4S/c1-23(2,3)31-22(30)26-7-6-12-8-15(24)14(10-18(12)26)16-11-27-17-5-4-13(20(28)29)9-19(17)32-21(27)25-16/h4-11H,1-3H3,(H,28,29). The number of thiazole rings is 1. The highest BCUT2D eigenvalue weighted by Crippen LogP contribution is 2.33. The van der Waals surface area contributed by atoms with Crippen LogP contribution in [0.3, 0.4) is 0 Å². The van der Waals surface area contributed by atoms with Crippen molar-refractivity contribution in [3.05, 3.63) is 60.2 Å². The Balaban J connectivity index is 1.62. The van der Waals surface area contributed by atoms with Crippen LogP contribution < -0.4 is 0 Å².